The second kappa shape index (κ2) is 11.0. The SMILES string of the molecule is OCCOc1ccc(CN2CCN(CC3CCCCC3)C(CCO)C2)cc1. The van der Waals surface area contributed by atoms with E-state index in [2.05, 4.69) is 21.9 Å². The van der Waals surface area contributed by atoms with Gasteiger partial charge < -0.3 is 14.9 Å². The van der Waals surface area contributed by atoms with E-state index in [4.69, 9.17) is 9.84 Å². The van der Waals surface area contributed by atoms with E-state index in [1.165, 1.54) is 44.2 Å². The number of nitrogens with zero attached hydrogens (tertiary/aromatic N) is 2. The highest BCUT2D eigenvalue weighted by molar-refractivity contribution is 5.27. The van der Waals surface area contributed by atoms with Crippen molar-refractivity contribution in [1.29, 1.82) is 0 Å². The quantitative estimate of drug-likeness (QED) is 0.694. The Bertz CT molecular complexity index is 531. The van der Waals surface area contributed by atoms with Crippen LogP contribution in [0.4, 0.5) is 0 Å². The molecule has 1 saturated carbocycles. The monoisotopic (exact) mass is 376 g/mol. The summed E-state index contributed by atoms with van der Waals surface area (Å²) in [7, 11) is 0. The van der Waals surface area contributed by atoms with Crippen molar-refractivity contribution in [2.45, 2.75) is 51.1 Å². The largest absolute Gasteiger partial charge is 0.491 e. The summed E-state index contributed by atoms with van der Waals surface area (Å²) in [5, 5.41) is 18.4. The highest BCUT2D eigenvalue weighted by Crippen LogP contribution is 2.26. The van der Waals surface area contributed by atoms with Crippen LogP contribution < -0.4 is 4.74 Å². The molecule has 0 bridgehead atoms. The maximum absolute atomic E-state index is 9.54. The molecule has 1 aliphatic heterocycles. The Hall–Kier alpha value is -1.14. The van der Waals surface area contributed by atoms with E-state index in [0.29, 0.717) is 12.6 Å². The first-order valence-corrected chi connectivity index (χ1v) is 10.7. The van der Waals surface area contributed by atoms with Gasteiger partial charge >= 0.3 is 0 Å². The molecule has 152 valence electrons. The molecule has 2 aliphatic rings. The maximum Gasteiger partial charge on any atom is 0.119 e. The number of ether oxygens (including phenoxy) is 1. The molecule has 1 aliphatic carbocycles. The Morgan fingerprint density at radius 3 is 2.44 bits per heavy atom. The predicted octanol–water partition coefficient (Wildman–Crippen LogP) is 2.51. The third-order valence-corrected chi connectivity index (χ3v) is 6.06. The van der Waals surface area contributed by atoms with Crippen LogP contribution in [0.25, 0.3) is 0 Å². The number of aliphatic hydroxyl groups is 2. The van der Waals surface area contributed by atoms with E-state index < -0.39 is 0 Å². The molecular formula is C22H36N2O3. The average molecular weight is 377 g/mol. The zero-order valence-corrected chi connectivity index (χ0v) is 16.6. The van der Waals surface area contributed by atoms with E-state index in [1.54, 1.807) is 0 Å². The summed E-state index contributed by atoms with van der Waals surface area (Å²) in [6.07, 6.45) is 7.85. The van der Waals surface area contributed by atoms with Gasteiger partial charge in [0.2, 0.25) is 0 Å². The van der Waals surface area contributed by atoms with Gasteiger partial charge in [0.1, 0.15) is 12.4 Å². The molecule has 1 atom stereocenters. The van der Waals surface area contributed by atoms with Crippen molar-refractivity contribution in [3.8, 4) is 5.75 Å². The molecule has 1 unspecified atom stereocenters. The van der Waals surface area contributed by atoms with Crippen LogP contribution in [0.1, 0.15) is 44.1 Å². The van der Waals surface area contributed by atoms with Crippen molar-refractivity contribution >= 4 is 0 Å². The maximum atomic E-state index is 9.54. The van der Waals surface area contributed by atoms with Gasteiger partial charge in [-0.1, -0.05) is 31.4 Å². The summed E-state index contributed by atoms with van der Waals surface area (Å²) in [6.45, 7) is 6.06. The minimum atomic E-state index is 0.0408. The van der Waals surface area contributed by atoms with Gasteiger partial charge in [-0.15, -0.1) is 0 Å². The van der Waals surface area contributed by atoms with E-state index in [-0.39, 0.29) is 13.2 Å². The van der Waals surface area contributed by atoms with Crippen LogP contribution in [0, 0.1) is 5.92 Å². The molecule has 1 saturated heterocycles. The number of hydrogen-bond acceptors (Lipinski definition) is 5. The molecule has 5 nitrogen and oxygen atoms in total. The Morgan fingerprint density at radius 2 is 1.74 bits per heavy atom. The Balaban J connectivity index is 1.51. The first kappa shape index (κ1) is 20.6. The van der Waals surface area contributed by atoms with Crippen molar-refractivity contribution < 1.29 is 14.9 Å². The lowest BCUT2D eigenvalue weighted by Crippen LogP contribution is -2.54. The first-order chi connectivity index (χ1) is 13.3. The van der Waals surface area contributed by atoms with Crippen LogP contribution in [-0.2, 0) is 6.54 Å². The fourth-order valence-electron chi connectivity index (χ4n) is 4.58. The van der Waals surface area contributed by atoms with E-state index in [9.17, 15) is 5.11 Å². The highest BCUT2D eigenvalue weighted by atomic mass is 16.5. The van der Waals surface area contributed by atoms with Crippen molar-refractivity contribution in [3.05, 3.63) is 29.8 Å². The Morgan fingerprint density at radius 1 is 0.963 bits per heavy atom. The lowest BCUT2D eigenvalue weighted by molar-refractivity contribution is 0.0400. The lowest BCUT2D eigenvalue weighted by Gasteiger charge is -2.43. The molecule has 2 fully saturated rings. The van der Waals surface area contributed by atoms with Gasteiger partial charge in [0.25, 0.3) is 0 Å². The smallest absolute Gasteiger partial charge is 0.119 e. The summed E-state index contributed by atoms with van der Waals surface area (Å²) < 4.78 is 5.44. The third kappa shape index (κ3) is 6.46. The molecule has 0 spiro atoms. The zero-order valence-electron chi connectivity index (χ0n) is 16.6. The molecule has 0 radical (unpaired) electrons. The molecule has 3 rings (SSSR count). The van der Waals surface area contributed by atoms with Gasteiger partial charge in [0.05, 0.1) is 6.61 Å². The Kier molecular flexibility index (Phi) is 8.39. The summed E-state index contributed by atoms with van der Waals surface area (Å²) in [5.41, 5.74) is 1.29. The van der Waals surface area contributed by atoms with Gasteiger partial charge in [-0.3, -0.25) is 9.80 Å². The fourth-order valence-corrected chi connectivity index (χ4v) is 4.58. The minimum absolute atomic E-state index is 0.0408. The van der Waals surface area contributed by atoms with Gasteiger partial charge in [-0.25, -0.2) is 0 Å². The molecule has 0 amide bonds. The topological polar surface area (TPSA) is 56.2 Å². The van der Waals surface area contributed by atoms with Gasteiger partial charge in [-0.2, -0.15) is 0 Å². The zero-order chi connectivity index (χ0) is 18.9. The van der Waals surface area contributed by atoms with E-state index in [1.807, 2.05) is 12.1 Å². The second-order valence-corrected chi connectivity index (χ2v) is 8.12. The summed E-state index contributed by atoms with van der Waals surface area (Å²) >= 11 is 0. The molecule has 1 aromatic carbocycles. The third-order valence-electron chi connectivity index (χ3n) is 6.06. The molecule has 27 heavy (non-hydrogen) atoms. The van der Waals surface area contributed by atoms with Crippen molar-refractivity contribution in [2.75, 3.05) is 46.0 Å². The van der Waals surface area contributed by atoms with Gasteiger partial charge in [0.15, 0.2) is 0 Å². The number of aliphatic hydroxyl groups excluding tert-OH is 2. The molecule has 5 heteroatoms. The lowest BCUT2D eigenvalue weighted by atomic mass is 9.88. The molecule has 1 aromatic rings. The Labute approximate surface area is 163 Å². The highest BCUT2D eigenvalue weighted by Gasteiger charge is 2.28. The van der Waals surface area contributed by atoms with Gasteiger partial charge in [-0.05, 0) is 42.9 Å². The number of piperazine rings is 1. The number of hydrogen-bond donors (Lipinski definition) is 2. The molecular weight excluding hydrogens is 340 g/mol. The minimum Gasteiger partial charge on any atom is -0.491 e. The molecule has 0 aromatic heterocycles. The second-order valence-electron chi connectivity index (χ2n) is 8.12. The van der Waals surface area contributed by atoms with Crippen LogP contribution in [0.5, 0.6) is 5.75 Å². The van der Waals surface area contributed by atoms with Crippen molar-refractivity contribution in [2.24, 2.45) is 5.92 Å². The van der Waals surface area contributed by atoms with Crippen LogP contribution in [-0.4, -0.2) is 72.1 Å². The standard InChI is InChI=1S/C22H36N2O3/c25-13-10-21-18-23(11-12-24(21)17-19-4-2-1-3-5-19)16-20-6-8-22(9-7-20)27-15-14-26/h6-9,19,21,25-26H,1-5,10-18H2. The number of rotatable bonds is 9. The predicted molar refractivity (Wildman–Crippen MR) is 108 cm³/mol. The summed E-state index contributed by atoms with van der Waals surface area (Å²) in [5.74, 6) is 1.67. The first-order valence-electron chi connectivity index (χ1n) is 10.7. The van der Waals surface area contributed by atoms with Crippen molar-refractivity contribution in [3.63, 3.8) is 0 Å². The average Bonchev–Trinajstić information content (AvgIpc) is 2.70. The number of benzene rings is 1. The van der Waals surface area contributed by atoms with Crippen LogP contribution >= 0.6 is 0 Å². The van der Waals surface area contributed by atoms with E-state index >= 15 is 0 Å². The van der Waals surface area contributed by atoms with Crippen LogP contribution in [0.2, 0.25) is 0 Å². The van der Waals surface area contributed by atoms with Crippen LogP contribution in [0.3, 0.4) is 0 Å². The summed E-state index contributed by atoms with van der Waals surface area (Å²) in [4.78, 5) is 5.16. The van der Waals surface area contributed by atoms with Crippen LogP contribution in [0.15, 0.2) is 24.3 Å². The molecule has 2 N–H and O–H groups in total. The van der Waals surface area contributed by atoms with Gasteiger partial charge in [0, 0.05) is 45.4 Å². The normalized spacial score (nSPS) is 22.8. The summed E-state index contributed by atoms with van der Waals surface area (Å²) in [6, 6.07) is 8.66. The fraction of sp³-hybridized carbons (Fsp3) is 0.727. The van der Waals surface area contributed by atoms with E-state index in [0.717, 1.165) is 44.3 Å². The molecule has 1 heterocycles. The van der Waals surface area contributed by atoms with Crippen molar-refractivity contribution in [1.82, 2.24) is 9.80 Å².